The summed E-state index contributed by atoms with van der Waals surface area (Å²) < 4.78 is 2.07. The van der Waals surface area contributed by atoms with Gasteiger partial charge in [-0.15, -0.1) is 0 Å². The third-order valence-corrected chi connectivity index (χ3v) is 6.18. The molecule has 7 heteroatoms. The van der Waals surface area contributed by atoms with Gasteiger partial charge in [-0.2, -0.15) is 0 Å². The van der Waals surface area contributed by atoms with Crippen LogP contribution in [0.25, 0.3) is 11.2 Å². The van der Waals surface area contributed by atoms with Gasteiger partial charge in [0.05, 0.1) is 11.9 Å². The molecule has 4 rings (SSSR count). The monoisotopic (exact) mass is 398 g/mol. The summed E-state index contributed by atoms with van der Waals surface area (Å²) >= 11 is 0. The minimum Gasteiger partial charge on any atom is -0.338 e. The molecule has 0 spiro atoms. The first kappa shape index (κ1) is 20.3. The van der Waals surface area contributed by atoms with E-state index < -0.39 is 0 Å². The van der Waals surface area contributed by atoms with Crippen LogP contribution in [0.1, 0.15) is 37.0 Å². The zero-order valence-electron chi connectivity index (χ0n) is 18.0. The Balaban J connectivity index is 1.40. The van der Waals surface area contributed by atoms with Crippen molar-refractivity contribution in [3.63, 3.8) is 0 Å². The second-order valence-electron chi connectivity index (χ2n) is 9.22. The highest BCUT2D eigenvalue weighted by molar-refractivity contribution is 5.96. The predicted molar refractivity (Wildman–Crippen MR) is 115 cm³/mol. The van der Waals surface area contributed by atoms with Crippen LogP contribution in [-0.4, -0.2) is 88.0 Å². The molecular weight excluding hydrogens is 364 g/mol. The SMILES string of the molecule is CC(C)Cn1cnc2cc(C(=O)N3CCCC(CN4CCN(C)CC4)C3)cnc21. The van der Waals surface area contributed by atoms with Gasteiger partial charge in [0.15, 0.2) is 5.65 Å². The second-order valence-corrected chi connectivity index (χ2v) is 9.22. The van der Waals surface area contributed by atoms with E-state index >= 15 is 0 Å². The minimum atomic E-state index is 0.0980. The fourth-order valence-electron chi connectivity index (χ4n) is 4.57. The number of amides is 1. The Hall–Kier alpha value is -1.99. The summed E-state index contributed by atoms with van der Waals surface area (Å²) in [5.74, 6) is 1.19. The van der Waals surface area contributed by atoms with Gasteiger partial charge < -0.3 is 19.3 Å². The third kappa shape index (κ3) is 4.78. The van der Waals surface area contributed by atoms with Gasteiger partial charge in [0.25, 0.3) is 5.91 Å². The molecule has 1 amide bonds. The van der Waals surface area contributed by atoms with Gasteiger partial charge in [0.2, 0.25) is 0 Å². The number of piperidine rings is 1. The van der Waals surface area contributed by atoms with Crippen molar-refractivity contribution in [2.24, 2.45) is 11.8 Å². The Bertz CT molecular complexity index is 839. The number of piperazine rings is 1. The van der Waals surface area contributed by atoms with Crippen LogP contribution >= 0.6 is 0 Å². The van der Waals surface area contributed by atoms with Gasteiger partial charge in [-0.1, -0.05) is 13.8 Å². The second kappa shape index (κ2) is 8.79. The normalized spacial score (nSPS) is 21.9. The summed E-state index contributed by atoms with van der Waals surface area (Å²) in [4.78, 5) is 29.2. The maximum absolute atomic E-state index is 13.1. The van der Waals surface area contributed by atoms with Crippen LogP contribution in [0.5, 0.6) is 0 Å². The topological polar surface area (TPSA) is 57.5 Å². The molecule has 0 aliphatic carbocycles. The molecule has 2 aliphatic heterocycles. The van der Waals surface area contributed by atoms with Crippen molar-refractivity contribution in [3.05, 3.63) is 24.2 Å². The molecule has 0 bridgehead atoms. The van der Waals surface area contributed by atoms with Gasteiger partial charge >= 0.3 is 0 Å². The molecule has 2 fully saturated rings. The van der Waals surface area contributed by atoms with E-state index in [1.54, 1.807) is 6.20 Å². The Morgan fingerprint density at radius 2 is 1.97 bits per heavy atom. The predicted octanol–water partition coefficient (Wildman–Crippen LogP) is 2.19. The van der Waals surface area contributed by atoms with Crippen LogP contribution in [-0.2, 0) is 6.54 Å². The smallest absolute Gasteiger partial charge is 0.255 e. The first-order chi connectivity index (χ1) is 14.0. The van der Waals surface area contributed by atoms with Crippen LogP contribution in [0.2, 0.25) is 0 Å². The summed E-state index contributed by atoms with van der Waals surface area (Å²) in [6.07, 6.45) is 5.86. The number of carbonyl (C=O) groups excluding carboxylic acids is 1. The van der Waals surface area contributed by atoms with Crippen LogP contribution in [0, 0.1) is 11.8 Å². The standard InChI is InChI=1S/C22H34N6O/c1-17(2)13-28-16-24-20-11-19(12-23-21(20)28)22(29)27-6-4-5-18(15-27)14-26-9-7-25(3)8-10-26/h11-12,16-18H,4-10,13-15H2,1-3H3. The number of nitrogens with zero attached hydrogens (tertiary/aromatic N) is 6. The van der Waals surface area contributed by atoms with Crippen LogP contribution < -0.4 is 0 Å². The van der Waals surface area contributed by atoms with Gasteiger partial charge in [-0.05, 0) is 37.8 Å². The molecule has 2 aromatic heterocycles. The summed E-state index contributed by atoms with van der Waals surface area (Å²) in [6.45, 7) is 12.6. The molecule has 0 saturated carbocycles. The van der Waals surface area contributed by atoms with Gasteiger partial charge in [0, 0.05) is 58.6 Å². The van der Waals surface area contributed by atoms with E-state index in [1.165, 1.54) is 6.42 Å². The maximum atomic E-state index is 13.1. The van der Waals surface area contributed by atoms with Crippen molar-refractivity contribution < 1.29 is 4.79 Å². The lowest BCUT2D eigenvalue weighted by atomic mass is 9.96. The Morgan fingerprint density at radius 3 is 2.72 bits per heavy atom. The van der Waals surface area contributed by atoms with Gasteiger partial charge in [-0.3, -0.25) is 4.79 Å². The molecule has 4 heterocycles. The number of aromatic nitrogens is 3. The molecule has 29 heavy (non-hydrogen) atoms. The van der Waals surface area contributed by atoms with E-state index in [-0.39, 0.29) is 5.91 Å². The molecule has 0 N–H and O–H groups in total. The van der Waals surface area contributed by atoms with E-state index in [0.717, 1.165) is 69.9 Å². The molecule has 1 atom stereocenters. The molecule has 0 aromatic carbocycles. The van der Waals surface area contributed by atoms with E-state index in [0.29, 0.717) is 17.4 Å². The lowest BCUT2D eigenvalue weighted by Crippen LogP contribution is -2.49. The largest absolute Gasteiger partial charge is 0.338 e. The van der Waals surface area contributed by atoms with Crippen molar-refractivity contribution in [2.45, 2.75) is 33.2 Å². The Kier molecular flexibility index (Phi) is 6.15. The number of pyridine rings is 1. The highest BCUT2D eigenvalue weighted by atomic mass is 16.2. The fourth-order valence-corrected chi connectivity index (χ4v) is 4.57. The first-order valence-corrected chi connectivity index (χ1v) is 11.0. The van der Waals surface area contributed by atoms with Crippen LogP contribution in [0.15, 0.2) is 18.6 Å². The van der Waals surface area contributed by atoms with Gasteiger partial charge in [0.1, 0.15) is 5.52 Å². The van der Waals surface area contributed by atoms with Crippen molar-refractivity contribution in [3.8, 4) is 0 Å². The lowest BCUT2D eigenvalue weighted by Gasteiger charge is -2.38. The van der Waals surface area contributed by atoms with Gasteiger partial charge in [-0.25, -0.2) is 9.97 Å². The van der Waals surface area contributed by atoms with Crippen molar-refractivity contribution in [1.82, 2.24) is 29.2 Å². The number of hydrogen-bond acceptors (Lipinski definition) is 5. The fraction of sp³-hybridized carbons (Fsp3) is 0.682. The summed E-state index contributed by atoms with van der Waals surface area (Å²) in [6, 6.07) is 1.91. The molecule has 7 nitrogen and oxygen atoms in total. The zero-order valence-corrected chi connectivity index (χ0v) is 18.0. The van der Waals surface area contributed by atoms with E-state index in [1.807, 2.05) is 17.3 Å². The van der Waals surface area contributed by atoms with E-state index in [9.17, 15) is 4.79 Å². The Labute approximate surface area is 173 Å². The maximum Gasteiger partial charge on any atom is 0.255 e. The van der Waals surface area contributed by atoms with E-state index in [4.69, 9.17) is 0 Å². The highest BCUT2D eigenvalue weighted by Crippen LogP contribution is 2.21. The summed E-state index contributed by atoms with van der Waals surface area (Å²) in [5.41, 5.74) is 2.33. The highest BCUT2D eigenvalue weighted by Gasteiger charge is 2.27. The zero-order chi connectivity index (χ0) is 20.4. The first-order valence-electron chi connectivity index (χ1n) is 11.0. The molecule has 158 valence electrons. The summed E-state index contributed by atoms with van der Waals surface area (Å²) in [7, 11) is 2.19. The van der Waals surface area contributed by atoms with E-state index in [2.05, 4.69) is 45.2 Å². The number of rotatable bonds is 5. The number of hydrogen-bond donors (Lipinski definition) is 0. The number of likely N-dealkylation sites (N-methyl/N-ethyl adjacent to an activating group) is 1. The molecule has 2 aliphatic rings. The van der Waals surface area contributed by atoms with Crippen LogP contribution in [0.3, 0.4) is 0 Å². The third-order valence-electron chi connectivity index (χ3n) is 6.18. The average molecular weight is 399 g/mol. The molecular formula is C22H34N6O. The number of fused-ring (bicyclic) bond motifs is 1. The molecule has 2 saturated heterocycles. The Morgan fingerprint density at radius 1 is 1.17 bits per heavy atom. The molecule has 1 unspecified atom stereocenters. The number of imidazole rings is 1. The summed E-state index contributed by atoms with van der Waals surface area (Å²) in [5, 5.41) is 0. The quantitative estimate of drug-likeness (QED) is 0.773. The average Bonchev–Trinajstić information content (AvgIpc) is 3.11. The number of carbonyl (C=O) groups is 1. The van der Waals surface area contributed by atoms with Crippen molar-refractivity contribution >= 4 is 17.1 Å². The minimum absolute atomic E-state index is 0.0980. The lowest BCUT2D eigenvalue weighted by molar-refractivity contribution is 0.0609. The molecule has 2 aromatic rings. The van der Waals surface area contributed by atoms with Crippen molar-refractivity contribution in [1.29, 1.82) is 0 Å². The van der Waals surface area contributed by atoms with Crippen molar-refractivity contribution in [2.75, 3.05) is 52.9 Å². The molecule has 0 radical (unpaired) electrons. The number of likely N-dealkylation sites (tertiary alicyclic amines) is 1. The van der Waals surface area contributed by atoms with Crippen LogP contribution in [0.4, 0.5) is 0 Å².